The molecule has 0 spiro atoms. The van der Waals surface area contributed by atoms with Crippen LogP contribution in [0.4, 0.5) is 0 Å². The third kappa shape index (κ3) is 4.97. The van der Waals surface area contributed by atoms with E-state index in [0.717, 1.165) is 25.1 Å². The third-order valence-electron chi connectivity index (χ3n) is 4.03. The Labute approximate surface area is 133 Å². The highest BCUT2D eigenvalue weighted by atomic mass is 35.5. The summed E-state index contributed by atoms with van der Waals surface area (Å²) in [5.41, 5.74) is 1.14. The molecule has 1 aromatic carbocycles. The van der Waals surface area contributed by atoms with Crippen LogP contribution in [0.15, 0.2) is 24.3 Å². The van der Waals surface area contributed by atoms with E-state index in [1.807, 2.05) is 18.2 Å². The van der Waals surface area contributed by atoms with E-state index in [9.17, 15) is 8.42 Å². The van der Waals surface area contributed by atoms with Crippen LogP contribution in [0, 0.1) is 11.8 Å². The van der Waals surface area contributed by atoms with Gasteiger partial charge in [0.2, 0.25) is 0 Å². The first-order valence-corrected chi connectivity index (χ1v) is 9.74. The SMILES string of the molecule is CC(C)CNCC(c1cccc(Cl)c1)C1CCS(=O)(=O)C1. The fourth-order valence-corrected chi connectivity index (χ4v) is 5.04. The molecule has 0 bridgehead atoms. The van der Waals surface area contributed by atoms with E-state index in [1.54, 1.807) is 0 Å². The molecule has 0 aromatic heterocycles. The molecular weight excluding hydrogens is 306 g/mol. The number of hydrogen-bond donors (Lipinski definition) is 1. The van der Waals surface area contributed by atoms with Crippen molar-refractivity contribution in [2.45, 2.75) is 26.2 Å². The summed E-state index contributed by atoms with van der Waals surface area (Å²) < 4.78 is 23.6. The van der Waals surface area contributed by atoms with Crippen molar-refractivity contribution in [3.8, 4) is 0 Å². The van der Waals surface area contributed by atoms with E-state index in [2.05, 4.69) is 25.2 Å². The molecule has 1 heterocycles. The van der Waals surface area contributed by atoms with E-state index in [-0.39, 0.29) is 11.8 Å². The monoisotopic (exact) mass is 329 g/mol. The minimum absolute atomic E-state index is 0.188. The Hall–Kier alpha value is -0.580. The van der Waals surface area contributed by atoms with Crippen LogP contribution in [0.2, 0.25) is 5.02 Å². The normalized spacial score (nSPS) is 22.6. The smallest absolute Gasteiger partial charge is 0.150 e. The zero-order valence-electron chi connectivity index (χ0n) is 12.7. The molecule has 1 fully saturated rings. The second-order valence-electron chi connectivity index (χ2n) is 6.38. The van der Waals surface area contributed by atoms with Crippen LogP contribution in [-0.2, 0) is 9.84 Å². The predicted octanol–water partition coefficient (Wildman–Crippen LogP) is 3.10. The van der Waals surface area contributed by atoms with Gasteiger partial charge < -0.3 is 5.32 Å². The van der Waals surface area contributed by atoms with Crippen molar-refractivity contribution in [3.63, 3.8) is 0 Å². The van der Waals surface area contributed by atoms with Gasteiger partial charge in [-0.05, 0) is 42.5 Å². The van der Waals surface area contributed by atoms with E-state index < -0.39 is 9.84 Å². The number of benzene rings is 1. The van der Waals surface area contributed by atoms with Crippen LogP contribution >= 0.6 is 11.6 Å². The Morgan fingerprint density at radius 3 is 2.67 bits per heavy atom. The van der Waals surface area contributed by atoms with Crippen molar-refractivity contribution in [1.29, 1.82) is 0 Å². The van der Waals surface area contributed by atoms with E-state index in [4.69, 9.17) is 11.6 Å². The summed E-state index contributed by atoms with van der Waals surface area (Å²) in [6, 6.07) is 7.82. The zero-order chi connectivity index (χ0) is 15.5. The molecule has 1 N–H and O–H groups in total. The Morgan fingerprint density at radius 2 is 2.10 bits per heavy atom. The average molecular weight is 330 g/mol. The highest BCUT2D eigenvalue weighted by Crippen LogP contribution is 2.33. The van der Waals surface area contributed by atoms with Gasteiger partial charge in [-0.1, -0.05) is 37.6 Å². The molecule has 0 aliphatic carbocycles. The van der Waals surface area contributed by atoms with Gasteiger partial charge in [0.25, 0.3) is 0 Å². The molecule has 0 amide bonds. The highest BCUT2D eigenvalue weighted by Gasteiger charge is 2.34. The van der Waals surface area contributed by atoms with Gasteiger partial charge in [-0.2, -0.15) is 0 Å². The minimum Gasteiger partial charge on any atom is -0.316 e. The molecule has 1 aromatic rings. The number of hydrogen-bond acceptors (Lipinski definition) is 3. The molecule has 118 valence electrons. The van der Waals surface area contributed by atoms with E-state index in [1.165, 1.54) is 0 Å². The largest absolute Gasteiger partial charge is 0.316 e. The molecule has 0 saturated carbocycles. The van der Waals surface area contributed by atoms with Crippen molar-refractivity contribution in [2.75, 3.05) is 24.6 Å². The third-order valence-corrected chi connectivity index (χ3v) is 6.06. The maximum absolute atomic E-state index is 11.8. The van der Waals surface area contributed by atoms with Gasteiger partial charge in [0.15, 0.2) is 9.84 Å². The minimum atomic E-state index is -2.86. The first-order valence-electron chi connectivity index (χ1n) is 7.54. The first kappa shape index (κ1) is 16.8. The molecule has 1 saturated heterocycles. The Kier molecular flexibility index (Phi) is 5.69. The lowest BCUT2D eigenvalue weighted by molar-refractivity contribution is 0.424. The van der Waals surface area contributed by atoms with Crippen molar-refractivity contribution < 1.29 is 8.42 Å². The van der Waals surface area contributed by atoms with Crippen LogP contribution in [0.5, 0.6) is 0 Å². The summed E-state index contributed by atoms with van der Waals surface area (Å²) in [6.07, 6.45) is 0.753. The van der Waals surface area contributed by atoms with Crippen molar-refractivity contribution >= 4 is 21.4 Å². The van der Waals surface area contributed by atoms with Gasteiger partial charge in [-0.15, -0.1) is 0 Å². The second kappa shape index (κ2) is 7.12. The van der Waals surface area contributed by atoms with Crippen LogP contribution in [0.25, 0.3) is 0 Å². The molecule has 3 nitrogen and oxygen atoms in total. The van der Waals surface area contributed by atoms with Crippen molar-refractivity contribution in [1.82, 2.24) is 5.32 Å². The number of rotatable bonds is 6. The van der Waals surface area contributed by atoms with Gasteiger partial charge in [0.1, 0.15) is 0 Å². The van der Waals surface area contributed by atoms with Crippen LogP contribution in [0.3, 0.4) is 0 Å². The number of halogens is 1. The van der Waals surface area contributed by atoms with E-state index in [0.29, 0.717) is 22.4 Å². The van der Waals surface area contributed by atoms with Gasteiger partial charge in [-0.3, -0.25) is 0 Å². The fourth-order valence-electron chi connectivity index (χ4n) is 2.96. The molecule has 1 aliphatic rings. The standard InChI is InChI=1S/C16H24ClNO2S/c1-12(2)9-18-10-16(13-4-3-5-15(17)8-13)14-6-7-21(19,20)11-14/h3-5,8,12,14,16,18H,6-7,9-11H2,1-2H3. The molecule has 2 rings (SSSR count). The Bertz CT molecular complexity index is 571. The van der Waals surface area contributed by atoms with Crippen LogP contribution in [0.1, 0.15) is 31.7 Å². The lowest BCUT2D eigenvalue weighted by Gasteiger charge is -2.24. The van der Waals surface area contributed by atoms with Crippen molar-refractivity contribution in [3.05, 3.63) is 34.9 Å². The molecule has 2 atom stereocenters. The molecular formula is C16H24ClNO2S. The van der Waals surface area contributed by atoms with Gasteiger partial charge >= 0.3 is 0 Å². The number of sulfone groups is 1. The predicted molar refractivity (Wildman–Crippen MR) is 88.7 cm³/mol. The Balaban J connectivity index is 2.14. The summed E-state index contributed by atoms with van der Waals surface area (Å²) in [5.74, 6) is 1.59. The Morgan fingerprint density at radius 1 is 1.33 bits per heavy atom. The topological polar surface area (TPSA) is 46.2 Å². The van der Waals surface area contributed by atoms with Crippen LogP contribution in [-0.4, -0.2) is 33.0 Å². The van der Waals surface area contributed by atoms with Gasteiger partial charge in [0.05, 0.1) is 11.5 Å². The second-order valence-corrected chi connectivity index (χ2v) is 9.04. The van der Waals surface area contributed by atoms with Crippen LogP contribution < -0.4 is 5.32 Å². The lowest BCUT2D eigenvalue weighted by Crippen LogP contribution is -2.30. The quantitative estimate of drug-likeness (QED) is 0.872. The molecule has 1 aliphatic heterocycles. The lowest BCUT2D eigenvalue weighted by atomic mass is 9.85. The summed E-state index contributed by atoms with van der Waals surface area (Å²) >= 11 is 6.10. The molecule has 2 unspecified atom stereocenters. The molecule has 5 heteroatoms. The van der Waals surface area contributed by atoms with Gasteiger partial charge in [0, 0.05) is 17.5 Å². The van der Waals surface area contributed by atoms with Gasteiger partial charge in [-0.25, -0.2) is 8.42 Å². The fraction of sp³-hybridized carbons (Fsp3) is 0.625. The highest BCUT2D eigenvalue weighted by molar-refractivity contribution is 7.91. The summed E-state index contributed by atoms with van der Waals surface area (Å²) in [6.45, 7) is 6.08. The summed E-state index contributed by atoms with van der Waals surface area (Å²) in [4.78, 5) is 0. The van der Waals surface area contributed by atoms with Crippen molar-refractivity contribution in [2.24, 2.45) is 11.8 Å². The van der Waals surface area contributed by atoms with E-state index >= 15 is 0 Å². The zero-order valence-corrected chi connectivity index (χ0v) is 14.3. The first-order chi connectivity index (χ1) is 9.87. The maximum Gasteiger partial charge on any atom is 0.150 e. The summed E-state index contributed by atoms with van der Waals surface area (Å²) in [5, 5.41) is 4.18. The average Bonchev–Trinajstić information content (AvgIpc) is 2.74. The summed E-state index contributed by atoms with van der Waals surface area (Å²) in [7, 11) is -2.86. The molecule has 21 heavy (non-hydrogen) atoms. The number of nitrogens with one attached hydrogen (secondary N) is 1. The molecule has 0 radical (unpaired) electrons. The maximum atomic E-state index is 11.8.